The van der Waals surface area contributed by atoms with Crippen molar-refractivity contribution in [2.45, 2.75) is 11.7 Å². The number of nitrogens with one attached hydrogen (secondary N) is 1. The van der Waals surface area contributed by atoms with Crippen molar-refractivity contribution in [3.63, 3.8) is 0 Å². The Labute approximate surface area is 195 Å². The monoisotopic (exact) mass is 476 g/mol. The van der Waals surface area contributed by atoms with Gasteiger partial charge in [-0.05, 0) is 52.9 Å². The fraction of sp³-hybridized carbons (Fsp3) is 0.190. The van der Waals surface area contributed by atoms with Gasteiger partial charge in [-0.2, -0.15) is 4.68 Å². The van der Waals surface area contributed by atoms with E-state index < -0.39 is 0 Å². The summed E-state index contributed by atoms with van der Waals surface area (Å²) in [5, 5.41) is 16.6. The molecule has 10 heteroatoms. The van der Waals surface area contributed by atoms with Crippen molar-refractivity contribution in [3.8, 4) is 22.8 Å². The van der Waals surface area contributed by atoms with Crippen molar-refractivity contribution in [1.29, 1.82) is 0 Å². The van der Waals surface area contributed by atoms with E-state index in [0.717, 1.165) is 40.2 Å². The van der Waals surface area contributed by atoms with Gasteiger partial charge in [0, 0.05) is 17.9 Å². The summed E-state index contributed by atoms with van der Waals surface area (Å²) in [4.78, 5) is 0. The van der Waals surface area contributed by atoms with Crippen molar-refractivity contribution in [2.75, 3.05) is 19.4 Å². The molecule has 2 aromatic carbocycles. The molecule has 2 aromatic heterocycles. The number of hydrogen-bond acceptors (Lipinski definition) is 7. The number of aromatic nitrogens is 4. The summed E-state index contributed by atoms with van der Waals surface area (Å²) in [7, 11) is 1.60. The molecule has 7 nitrogen and oxygen atoms in total. The summed E-state index contributed by atoms with van der Waals surface area (Å²) in [6.07, 6.45) is 0. The number of tetrazole rings is 1. The third-order valence-corrected chi connectivity index (χ3v) is 5.57. The molecule has 0 bridgehead atoms. The summed E-state index contributed by atoms with van der Waals surface area (Å²) in [5.41, 5.74) is 1.86. The molecule has 162 valence electrons. The topological polar surface area (TPSA) is 78.0 Å². The number of methoxy groups -OCH3 is 1. The predicted molar refractivity (Wildman–Crippen MR) is 117 cm³/mol. The minimum atomic E-state index is 0. The Bertz CT molecular complexity index is 1100. The molecule has 0 aliphatic carbocycles. The van der Waals surface area contributed by atoms with E-state index in [-0.39, 0.29) is 12.4 Å². The van der Waals surface area contributed by atoms with Crippen molar-refractivity contribution in [3.05, 3.63) is 71.4 Å². The van der Waals surface area contributed by atoms with Crippen molar-refractivity contribution in [2.24, 2.45) is 0 Å². The van der Waals surface area contributed by atoms with Gasteiger partial charge in [0.15, 0.2) is 0 Å². The highest BCUT2D eigenvalue weighted by Gasteiger charge is 2.10. The highest BCUT2D eigenvalue weighted by molar-refractivity contribution is 7.99. The molecule has 4 aromatic rings. The lowest BCUT2D eigenvalue weighted by Crippen LogP contribution is -3.00. The lowest BCUT2D eigenvalue weighted by atomic mass is 10.2. The molecule has 0 spiro atoms. The van der Waals surface area contributed by atoms with Crippen LogP contribution in [0, 0.1) is 0 Å². The molecule has 0 saturated carbocycles. The molecule has 0 atom stereocenters. The van der Waals surface area contributed by atoms with E-state index in [0.29, 0.717) is 17.3 Å². The number of rotatable bonds is 9. The maximum Gasteiger partial charge on any atom is 0.214 e. The third-order valence-electron chi connectivity index (χ3n) is 4.35. The van der Waals surface area contributed by atoms with Crippen LogP contribution in [0.15, 0.2) is 70.2 Å². The number of para-hydroxylation sites is 1. The average Bonchev–Trinajstić information content (AvgIpc) is 3.44. The Kier molecular flexibility index (Phi) is 8.36. The fourth-order valence-corrected chi connectivity index (χ4v) is 3.92. The zero-order chi connectivity index (χ0) is 20.8. The summed E-state index contributed by atoms with van der Waals surface area (Å²) >= 11 is 7.80. The second-order valence-corrected chi connectivity index (χ2v) is 7.82. The van der Waals surface area contributed by atoms with E-state index in [2.05, 4.69) is 20.8 Å². The summed E-state index contributed by atoms with van der Waals surface area (Å²) in [6.45, 7) is 1.42. The van der Waals surface area contributed by atoms with Crippen molar-refractivity contribution < 1.29 is 21.6 Å². The van der Waals surface area contributed by atoms with E-state index in [1.54, 1.807) is 23.6 Å². The second kappa shape index (κ2) is 11.2. The Hall–Kier alpha value is -2.52. The number of hydrogen-bond donors (Lipinski definition) is 1. The lowest BCUT2D eigenvalue weighted by Gasteiger charge is -2.05. The predicted octanol–water partition coefficient (Wildman–Crippen LogP) is 1.47. The first kappa shape index (κ1) is 23.1. The highest BCUT2D eigenvalue weighted by Crippen LogP contribution is 2.31. The molecular weight excluding hydrogens is 457 g/mol. The van der Waals surface area contributed by atoms with E-state index in [1.165, 1.54) is 0 Å². The molecule has 31 heavy (non-hydrogen) atoms. The van der Waals surface area contributed by atoms with Crippen LogP contribution >= 0.6 is 23.4 Å². The van der Waals surface area contributed by atoms with Crippen LogP contribution in [-0.4, -0.2) is 39.6 Å². The van der Waals surface area contributed by atoms with E-state index in [9.17, 15) is 0 Å². The summed E-state index contributed by atoms with van der Waals surface area (Å²) in [5.74, 6) is 3.10. The van der Waals surface area contributed by atoms with E-state index in [4.69, 9.17) is 20.8 Å². The standard InChI is InChI=1S/C21H20ClN5O2S.ClH/c1-28-20-9-7-15(13-18(20)22)19-10-8-17(29-19)14-23-11-12-30-21-24-25-26-27(21)16-5-3-2-4-6-16;/h2-10,13,23H,11-12,14H2,1H3;1H/p-1. The van der Waals surface area contributed by atoms with E-state index in [1.807, 2.05) is 60.7 Å². The van der Waals surface area contributed by atoms with Gasteiger partial charge in [-0.25, -0.2) is 0 Å². The molecule has 0 unspecified atom stereocenters. The van der Waals surface area contributed by atoms with Crippen LogP contribution in [0.25, 0.3) is 17.0 Å². The zero-order valence-corrected chi connectivity index (χ0v) is 19.0. The first-order valence-corrected chi connectivity index (χ1v) is 10.7. The van der Waals surface area contributed by atoms with Crippen LogP contribution in [0.5, 0.6) is 5.75 Å². The van der Waals surface area contributed by atoms with Gasteiger partial charge in [-0.15, -0.1) is 5.10 Å². The summed E-state index contributed by atoms with van der Waals surface area (Å²) < 4.78 is 12.8. The summed E-state index contributed by atoms with van der Waals surface area (Å²) in [6, 6.07) is 19.3. The number of ether oxygens (including phenoxy) is 1. The largest absolute Gasteiger partial charge is 1.00 e. The van der Waals surface area contributed by atoms with Crippen LogP contribution < -0.4 is 22.5 Å². The van der Waals surface area contributed by atoms with Crippen molar-refractivity contribution in [1.82, 2.24) is 25.5 Å². The number of halogens is 2. The molecule has 0 amide bonds. The lowest BCUT2D eigenvalue weighted by molar-refractivity contribution is -0.00000688. The van der Waals surface area contributed by atoms with E-state index >= 15 is 0 Å². The molecule has 0 radical (unpaired) electrons. The Morgan fingerprint density at radius 2 is 1.97 bits per heavy atom. The van der Waals surface area contributed by atoms with Gasteiger partial charge in [0.25, 0.3) is 0 Å². The SMILES string of the molecule is COc1ccc(-c2ccc(CNCCSc3nnnn3-c3ccccc3)o2)cc1Cl.[Cl-]. The van der Waals surface area contributed by atoms with Gasteiger partial charge in [0.05, 0.1) is 24.4 Å². The number of nitrogens with zero attached hydrogens (tertiary/aromatic N) is 4. The number of benzene rings is 2. The van der Waals surface area contributed by atoms with Gasteiger partial charge < -0.3 is 26.9 Å². The molecular formula is C21H20Cl2N5O2S-. The fourth-order valence-electron chi connectivity index (χ4n) is 2.87. The van der Waals surface area contributed by atoms with Gasteiger partial charge in [-0.1, -0.05) is 41.6 Å². The van der Waals surface area contributed by atoms with Crippen LogP contribution in [0.2, 0.25) is 5.02 Å². The van der Waals surface area contributed by atoms with Gasteiger partial charge in [0.2, 0.25) is 5.16 Å². The Balaban J connectivity index is 0.00000272. The Morgan fingerprint density at radius 3 is 2.74 bits per heavy atom. The molecule has 0 fully saturated rings. The second-order valence-electron chi connectivity index (χ2n) is 6.35. The average molecular weight is 477 g/mol. The normalized spacial score (nSPS) is 10.6. The van der Waals surface area contributed by atoms with Gasteiger partial charge in [0.1, 0.15) is 17.3 Å². The molecule has 1 N–H and O–H groups in total. The maximum atomic E-state index is 6.20. The first-order valence-electron chi connectivity index (χ1n) is 9.34. The maximum absolute atomic E-state index is 6.20. The minimum Gasteiger partial charge on any atom is -1.00 e. The minimum absolute atomic E-state index is 0. The van der Waals surface area contributed by atoms with Gasteiger partial charge in [-0.3, -0.25) is 0 Å². The molecule has 0 aliphatic rings. The van der Waals surface area contributed by atoms with Crippen molar-refractivity contribution >= 4 is 23.4 Å². The first-order chi connectivity index (χ1) is 14.7. The Morgan fingerprint density at radius 1 is 1.13 bits per heavy atom. The number of thioether (sulfide) groups is 1. The quantitative estimate of drug-likeness (QED) is 0.289. The number of furan rings is 1. The van der Waals surface area contributed by atoms with Crippen LogP contribution in [0.4, 0.5) is 0 Å². The zero-order valence-electron chi connectivity index (χ0n) is 16.7. The van der Waals surface area contributed by atoms with Gasteiger partial charge >= 0.3 is 0 Å². The molecule has 2 heterocycles. The van der Waals surface area contributed by atoms with Crippen LogP contribution in [0.3, 0.4) is 0 Å². The molecule has 4 rings (SSSR count). The van der Waals surface area contributed by atoms with Crippen LogP contribution in [0.1, 0.15) is 5.76 Å². The smallest absolute Gasteiger partial charge is 0.214 e. The molecule has 0 saturated heterocycles. The highest BCUT2D eigenvalue weighted by atomic mass is 35.5. The van der Waals surface area contributed by atoms with Crippen LogP contribution in [-0.2, 0) is 6.54 Å². The molecule has 0 aliphatic heterocycles. The third kappa shape index (κ3) is 5.80.